The number of aliphatic carboxylic acids is 1. The Hall–Kier alpha value is -4.21. The van der Waals surface area contributed by atoms with E-state index in [2.05, 4.69) is 20.3 Å². The number of benzene rings is 2. The molecule has 2 amide bonds. The lowest BCUT2D eigenvalue weighted by molar-refractivity contribution is -0.137. The number of carboxylic acids is 1. The molecule has 3 aromatic rings. The highest BCUT2D eigenvalue weighted by Gasteiger charge is 2.30. The van der Waals surface area contributed by atoms with Crippen LogP contribution in [0.4, 0.5) is 10.6 Å². The van der Waals surface area contributed by atoms with Gasteiger partial charge in [0.05, 0.1) is 6.42 Å². The third-order valence-corrected chi connectivity index (χ3v) is 5.63. The summed E-state index contributed by atoms with van der Waals surface area (Å²) in [5.74, 6) is -1.91. The maximum absolute atomic E-state index is 12.8. The van der Waals surface area contributed by atoms with E-state index in [1.807, 2.05) is 55.5 Å². The van der Waals surface area contributed by atoms with E-state index in [1.54, 1.807) is 0 Å². The Morgan fingerprint density at radius 1 is 1.03 bits per heavy atom. The maximum atomic E-state index is 12.8. The minimum atomic E-state index is -1.02. The van der Waals surface area contributed by atoms with Crippen molar-refractivity contribution < 1.29 is 28.9 Å². The number of hydrogen-bond acceptors (Lipinski definition) is 7. The van der Waals surface area contributed by atoms with E-state index in [9.17, 15) is 14.4 Å². The van der Waals surface area contributed by atoms with Crippen molar-refractivity contribution in [2.45, 2.75) is 25.7 Å². The lowest BCUT2D eigenvalue weighted by atomic mass is 9.98. The van der Waals surface area contributed by atoms with Crippen LogP contribution in [0.2, 0.25) is 0 Å². The highest BCUT2D eigenvalue weighted by atomic mass is 16.6. The minimum Gasteiger partial charge on any atom is -0.481 e. The molecule has 2 N–H and O–H groups in total. The van der Waals surface area contributed by atoms with Gasteiger partial charge in [0.25, 0.3) is 5.91 Å². The van der Waals surface area contributed by atoms with Crippen molar-refractivity contribution in [3.05, 3.63) is 65.4 Å². The Labute approximate surface area is 195 Å². The van der Waals surface area contributed by atoms with E-state index in [0.29, 0.717) is 13.0 Å². The number of anilines is 1. The van der Waals surface area contributed by atoms with Crippen molar-refractivity contribution in [3.8, 4) is 11.1 Å². The van der Waals surface area contributed by atoms with Crippen LogP contribution in [0.15, 0.2) is 53.2 Å². The number of rotatable bonds is 9. The number of ether oxygens (including phenoxy) is 1. The van der Waals surface area contributed by atoms with Gasteiger partial charge in [-0.15, -0.1) is 0 Å². The van der Waals surface area contributed by atoms with Crippen LogP contribution in [-0.2, 0) is 9.53 Å². The molecule has 0 atom stereocenters. The fourth-order valence-electron chi connectivity index (χ4n) is 4.11. The van der Waals surface area contributed by atoms with Crippen molar-refractivity contribution in [3.63, 3.8) is 0 Å². The van der Waals surface area contributed by atoms with Crippen LogP contribution in [0.3, 0.4) is 0 Å². The molecule has 0 saturated carbocycles. The number of carboxylic acid groups (broad SMARTS) is 1. The van der Waals surface area contributed by atoms with Gasteiger partial charge in [-0.3, -0.25) is 14.9 Å². The standard InChI is InChI=1S/C24H24N4O6/c1-2-12-28(13-11-20(29)30)23(31)21-22(27-34-26-21)25-24(32)33-14-19-17-9-5-3-7-15(17)16-8-4-6-10-18(16)19/h3-10,19H,2,11-14H2,1H3,(H,29,30)(H,25,27,32). The van der Waals surface area contributed by atoms with Gasteiger partial charge in [0.2, 0.25) is 11.5 Å². The van der Waals surface area contributed by atoms with Crippen LogP contribution in [0, 0.1) is 0 Å². The predicted octanol–water partition coefficient (Wildman–Crippen LogP) is 3.76. The smallest absolute Gasteiger partial charge is 0.412 e. The van der Waals surface area contributed by atoms with E-state index < -0.39 is 18.0 Å². The summed E-state index contributed by atoms with van der Waals surface area (Å²) < 4.78 is 10.1. The fraction of sp³-hybridized carbons (Fsp3) is 0.292. The number of hydrogen-bond donors (Lipinski definition) is 2. The maximum Gasteiger partial charge on any atom is 0.412 e. The van der Waals surface area contributed by atoms with Crippen LogP contribution in [0.5, 0.6) is 0 Å². The van der Waals surface area contributed by atoms with Crippen molar-refractivity contribution in [2.24, 2.45) is 0 Å². The number of carbonyl (C=O) groups is 3. The van der Waals surface area contributed by atoms with Crippen molar-refractivity contribution in [1.82, 2.24) is 15.2 Å². The van der Waals surface area contributed by atoms with Crippen LogP contribution in [0.25, 0.3) is 11.1 Å². The highest BCUT2D eigenvalue weighted by molar-refractivity contribution is 5.99. The molecular weight excluding hydrogens is 440 g/mol. The molecule has 1 aliphatic carbocycles. The summed E-state index contributed by atoms with van der Waals surface area (Å²) in [4.78, 5) is 37.6. The van der Waals surface area contributed by atoms with Gasteiger partial charge < -0.3 is 14.7 Å². The largest absolute Gasteiger partial charge is 0.481 e. The van der Waals surface area contributed by atoms with E-state index >= 15 is 0 Å². The molecule has 10 heteroatoms. The first-order valence-corrected chi connectivity index (χ1v) is 10.9. The average Bonchev–Trinajstić information content (AvgIpc) is 3.42. The molecule has 0 bridgehead atoms. The molecule has 4 rings (SSSR count). The van der Waals surface area contributed by atoms with E-state index in [1.165, 1.54) is 4.90 Å². The molecule has 0 aliphatic heterocycles. The molecule has 10 nitrogen and oxygen atoms in total. The molecule has 176 valence electrons. The quantitative estimate of drug-likeness (QED) is 0.489. The van der Waals surface area contributed by atoms with Gasteiger partial charge in [-0.05, 0) is 39.0 Å². The molecule has 2 aromatic carbocycles. The van der Waals surface area contributed by atoms with Crippen LogP contribution < -0.4 is 5.32 Å². The summed E-state index contributed by atoms with van der Waals surface area (Å²) in [6, 6.07) is 15.9. The van der Waals surface area contributed by atoms with Gasteiger partial charge in [0.15, 0.2) is 0 Å². The summed E-state index contributed by atoms with van der Waals surface area (Å²) in [5.41, 5.74) is 4.15. The van der Waals surface area contributed by atoms with Gasteiger partial charge in [-0.25, -0.2) is 9.42 Å². The molecule has 1 aliphatic rings. The Morgan fingerprint density at radius 3 is 2.29 bits per heavy atom. The van der Waals surface area contributed by atoms with Crippen LogP contribution in [0.1, 0.15) is 47.3 Å². The number of carbonyl (C=O) groups excluding carboxylic acids is 2. The second kappa shape index (κ2) is 10.2. The Bertz CT molecular complexity index is 1160. The topological polar surface area (TPSA) is 135 Å². The summed E-state index contributed by atoms with van der Waals surface area (Å²) in [7, 11) is 0. The summed E-state index contributed by atoms with van der Waals surface area (Å²) >= 11 is 0. The third-order valence-electron chi connectivity index (χ3n) is 5.63. The number of nitrogens with zero attached hydrogens (tertiary/aromatic N) is 3. The van der Waals surface area contributed by atoms with Crippen LogP contribution in [-0.4, -0.2) is 58.0 Å². The van der Waals surface area contributed by atoms with Gasteiger partial charge >= 0.3 is 12.1 Å². The fourth-order valence-corrected chi connectivity index (χ4v) is 4.11. The summed E-state index contributed by atoms with van der Waals surface area (Å²) in [5, 5.41) is 18.5. The number of aromatic nitrogens is 2. The molecule has 0 spiro atoms. The molecule has 0 unspecified atom stereocenters. The van der Waals surface area contributed by atoms with Crippen LogP contribution >= 0.6 is 0 Å². The summed E-state index contributed by atoms with van der Waals surface area (Å²) in [6.45, 7) is 2.27. The SMILES string of the molecule is CCCN(CCC(=O)O)C(=O)c1nonc1NC(=O)OCC1c2ccccc2-c2ccccc21. The first kappa shape index (κ1) is 23.0. The van der Waals surface area contributed by atoms with Gasteiger partial charge in [-0.2, -0.15) is 0 Å². The lowest BCUT2D eigenvalue weighted by Crippen LogP contribution is -2.34. The van der Waals surface area contributed by atoms with Gasteiger partial charge in [0.1, 0.15) is 6.61 Å². The number of fused-ring (bicyclic) bond motifs is 3. The molecule has 1 heterocycles. The second-order valence-corrected chi connectivity index (χ2v) is 7.85. The molecule has 34 heavy (non-hydrogen) atoms. The van der Waals surface area contributed by atoms with Crippen molar-refractivity contribution in [1.29, 1.82) is 0 Å². The molecular formula is C24H24N4O6. The Kier molecular flexibility index (Phi) is 6.86. The molecule has 0 radical (unpaired) electrons. The Balaban J connectivity index is 1.43. The molecule has 1 aromatic heterocycles. The van der Waals surface area contributed by atoms with E-state index in [-0.39, 0.29) is 37.0 Å². The first-order valence-electron chi connectivity index (χ1n) is 10.9. The monoisotopic (exact) mass is 464 g/mol. The number of nitrogens with one attached hydrogen (secondary N) is 1. The minimum absolute atomic E-state index is 0.000743. The normalized spacial score (nSPS) is 12.0. The zero-order valence-electron chi connectivity index (χ0n) is 18.6. The van der Waals surface area contributed by atoms with Gasteiger partial charge in [-0.1, -0.05) is 55.5 Å². The van der Waals surface area contributed by atoms with Crippen molar-refractivity contribution in [2.75, 3.05) is 25.0 Å². The Morgan fingerprint density at radius 2 is 1.68 bits per heavy atom. The average molecular weight is 464 g/mol. The zero-order chi connectivity index (χ0) is 24.1. The van der Waals surface area contributed by atoms with E-state index in [4.69, 9.17) is 9.84 Å². The highest BCUT2D eigenvalue weighted by Crippen LogP contribution is 2.44. The zero-order valence-corrected chi connectivity index (χ0v) is 18.6. The predicted molar refractivity (Wildman–Crippen MR) is 121 cm³/mol. The molecule has 0 fully saturated rings. The van der Waals surface area contributed by atoms with Gasteiger partial charge in [0, 0.05) is 19.0 Å². The van der Waals surface area contributed by atoms with Crippen molar-refractivity contribution >= 4 is 23.8 Å². The molecule has 0 saturated heterocycles. The summed E-state index contributed by atoms with van der Waals surface area (Å²) in [6.07, 6.45) is -0.406. The number of amides is 2. The lowest BCUT2D eigenvalue weighted by Gasteiger charge is -2.20. The third kappa shape index (κ3) is 4.75. The first-order chi connectivity index (χ1) is 16.5. The van der Waals surface area contributed by atoms with E-state index in [0.717, 1.165) is 22.3 Å². The second-order valence-electron chi connectivity index (χ2n) is 7.85.